The zero-order valence-electron chi connectivity index (χ0n) is 11.7. The number of aryl methyl sites for hydroxylation is 4. The Morgan fingerprint density at radius 2 is 1.35 bits per heavy atom. The maximum absolute atomic E-state index is 8.49. The van der Waals surface area contributed by atoms with Crippen molar-refractivity contribution < 1.29 is 32.8 Å². The van der Waals surface area contributed by atoms with Gasteiger partial charge in [0.2, 0.25) is 5.69 Å². The SMILES string of the molecule is Cc1c[n+](-c2c(C)cccc2C)sc1C.[O-][Cl+3]([O-])([O-])[O-]. The Kier molecular flexibility index (Phi) is 5.64. The van der Waals surface area contributed by atoms with Crippen molar-refractivity contribution in [1.29, 1.82) is 0 Å². The van der Waals surface area contributed by atoms with Gasteiger partial charge in [-0.2, -0.15) is 0 Å². The number of hydrogen-bond donors (Lipinski definition) is 0. The molecule has 5 nitrogen and oxygen atoms in total. The van der Waals surface area contributed by atoms with Gasteiger partial charge in [-0.3, -0.25) is 0 Å². The van der Waals surface area contributed by atoms with Crippen LogP contribution in [0.15, 0.2) is 24.4 Å². The molecule has 20 heavy (non-hydrogen) atoms. The lowest BCUT2D eigenvalue weighted by molar-refractivity contribution is -2.00. The number of benzene rings is 1. The summed E-state index contributed by atoms with van der Waals surface area (Å²) in [5.74, 6) is 0. The van der Waals surface area contributed by atoms with E-state index >= 15 is 0 Å². The Labute approximate surface area is 124 Å². The normalized spacial score (nSPS) is 11.0. The van der Waals surface area contributed by atoms with Gasteiger partial charge in [-0.1, -0.05) is 18.2 Å². The molecule has 1 aromatic carbocycles. The highest BCUT2D eigenvalue weighted by molar-refractivity contribution is 7.02. The van der Waals surface area contributed by atoms with Crippen molar-refractivity contribution >= 4 is 11.5 Å². The number of hydrogen-bond acceptors (Lipinski definition) is 5. The van der Waals surface area contributed by atoms with Crippen molar-refractivity contribution in [2.45, 2.75) is 27.7 Å². The molecule has 0 spiro atoms. The number of nitrogens with zero attached hydrogens (tertiary/aromatic N) is 1. The van der Waals surface area contributed by atoms with E-state index in [1.54, 1.807) is 0 Å². The van der Waals surface area contributed by atoms with Gasteiger partial charge in [-0.25, -0.2) is 18.6 Å². The second-order valence-electron chi connectivity index (χ2n) is 4.40. The fraction of sp³-hybridized carbons (Fsp3) is 0.308. The monoisotopic (exact) mass is 317 g/mol. The summed E-state index contributed by atoms with van der Waals surface area (Å²) in [7, 11) is -4.94. The molecule has 1 aromatic heterocycles. The van der Waals surface area contributed by atoms with Gasteiger partial charge in [0.05, 0.1) is 4.88 Å². The molecule has 110 valence electrons. The molecule has 0 saturated carbocycles. The van der Waals surface area contributed by atoms with Crippen LogP contribution in [-0.4, -0.2) is 0 Å². The van der Waals surface area contributed by atoms with Gasteiger partial charge in [0.15, 0.2) is 6.20 Å². The lowest BCUT2D eigenvalue weighted by atomic mass is 10.1. The van der Waals surface area contributed by atoms with E-state index in [1.165, 1.54) is 27.3 Å². The molecule has 0 fully saturated rings. The summed E-state index contributed by atoms with van der Waals surface area (Å²) in [6.07, 6.45) is 2.22. The van der Waals surface area contributed by atoms with Crippen LogP contribution in [0.25, 0.3) is 5.69 Å². The van der Waals surface area contributed by atoms with Crippen LogP contribution in [0, 0.1) is 37.9 Å². The van der Waals surface area contributed by atoms with Crippen LogP contribution >= 0.6 is 11.5 Å². The van der Waals surface area contributed by atoms with E-state index in [2.05, 4.69) is 56.0 Å². The largest absolute Gasteiger partial charge is 0.230 e. The van der Waals surface area contributed by atoms with E-state index in [1.807, 2.05) is 11.5 Å². The van der Waals surface area contributed by atoms with Gasteiger partial charge in [-0.05, 0) is 27.7 Å². The van der Waals surface area contributed by atoms with Crippen LogP contribution in [0.2, 0.25) is 0 Å². The Morgan fingerprint density at radius 3 is 1.70 bits per heavy atom. The minimum atomic E-state index is -4.94. The Hall–Kier alpha value is -1.02. The molecule has 0 saturated heterocycles. The van der Waals surface area contributed by atoms with E-state index in [0.717, 1.165) is 0 Å². The second kappa shape index (κ2) is 6.62. The number of aromatic nitrogens is 1. The topological polar surface area (TPSA) is 96.1 Å². The van der Waals surface area contributed by atoms with E-state index in [0.29, 0.717) is 0 Å². The molecule has 0 aliphatic heterocycles. The van der Waals surface area contributed by atoms with Crippen molar-refractivity contribution in [3.8, 4) is 5.69 Å². The fourth-order valence-corrected chi connectivity index (χ4v) is 2.86. The first-order valence-electron chi connectivity index (χ1n) is 5.77. The average Bonchev–Trinajstić information content (AvgIpc) is 2.56. The molecule has 0 amide bonds. The summed E-state index contributed by atoms with van der Waals surface area (Å²) in [5, 5.41) is 0. The third-order valence-electron chi connectivity index (χ3n) is 2.76. The third-order valence-corrected chi connectivity index (χ3v) is 3.84. The van der Waals surface area contributed by atoms with Crippen LogP contribution in [0.5, 0.6) is 0 Å². The molecule has 7 heteroatoms. The first kappa shape index (κ1) is 17.0. The smallest absolute Gasteiger partial charge is 0.222 e. The minimum Gasteiger partial charge on any atom is -0.222 e. The molecular formula is C13H16ClNO4S. The van der Waals surface area contributed by atoms with Gasteiger partial charge < -0.3 is 0 Å². The van der Waals surface area contributed by atoms with Crippen LogP contribution < -0.4 is 22.6 Å². The van der Waals surface area contributed by atoms with E-state index in [-0.39, 0.29) is 0 Å². The van der Waals surface area contributed by atoms with Gasteiger partial charge in [0.25, 0.3) is 0 Å². The summed E-state index contributed by atoms with van der Waals surface area (Å²) in [6.45, 7) is 8.67. The Morgan fingerprint density at radius 1 is 0.900 bits per heavy atom. The van der Waals surface area contributed by atoms with Crippen molar-refractivity contribution in [1.82, 2.24) is 0 Å². The third kappa shape index (κ3) is 5.16. The van der Waals surface area contributed by atoms with Crippen LogP contribution in [0.3, 0.4) is 0 Å². The first-order valence-corrected chi connectivity index (χ1v) is 7.78. The van der Waals surface area contributed by atoms with E-state index < -0.39 is 10.2 Å². The summed E-state index contributed by atoms with van der Waals surface area (Å²) in [6, 6.07) is 6.45. The standard InChI is InChI=1S/C13H16NS.ClHO4/c1-9-6-5-7-10(2)13(9)14-8-11(3)12(4)15-14;2-1(3,4)5/h5-8H,1-4H3;(H,2,3,4,5)/q+1;/p-1. The number of halogens is 1. The van der Waals surface area contributed by atoms with Crippen molar-refractivity contribution in [2.75, 3.05) is 0 Å². The molecule has 0 aliphatic rings. The zero-order valence-corrected chi connectivity index (χ0v) is 13.2. The van der Waals surface area contributed by atoms with Gasteiger partial charge >= 0.3 is 0 Å². The maximum Gasteiger partial charge on any atom is 0.230 e. The minimum absolute atomic E-state index is 1.33. The van der Waals surface area contributed by atoms with Crippen molar-refractivity contribution in [2.24, 2.45) is 0 Å². The molecule has 0 radical (unpaired) electrons. The average molecular weight is 318 g/mol. The molecular weight excluding hydrogens is 302 g/mol. The Bertz CT molecular complexity index is 547. The molecule has 1 heterocycles. The molecule has 0 bridgehead atoms. The quantitative estimate of drug-likeness (QED) is 0.598. The van der Waals surface area contributed by atoms with Crippen molar-refractivity contribution in [3.63, 3.8) is 0 Å². The van der Waals surface area contributed by atoms with Crippen LogP contribution in [0.1, 0.15) is 21.6 Å². The first-order chi connectivity index (χ1) is 9.09. The van der Waals surface area contributed by atoms with Gasteiger partial charge in [0, 0.05) is 16.7 Å². The van der Waals surface area contributed by atoms with Gasteiger partial charge in [-0.15, -0.1) is 14.2 Å². The molecule has 2 rings (SSSR count). The summed E-state index contributed by atoms with van der Waals surface area (Å²) in [4.78, 5) is 1.39. The fourth-order valence-electron chi connectivity index (χ4n) is 1.78. The van der Waals surface area contributed by atoms with E-state index in [4.69, 9.17) is 18.6 Å². The van der Waals surface area contributed by atoms with Gasteiger partial charge in [0.1, 0.15) is 11.5 Å². The maximum atomic E-state index is 8.49. The highest BCUT2D eigenvalue weighted by atomic mass is 35.7. The second-order valence-corrected chi connectivity index (χ2v) is 6.35. The number of rotatable bonds is 1. The predicted octanol–water partition coefficient (Wildman–Crippen LogP) is -1.50. The Balaban J connectivity index is 0.000000347. The molecule has 0 atom stereocenters. The summed E-state index contributed by atoms with van der Waals surface area (Å²) in [5.41, 5.74) is 5.36. The van der Waals surface area contributed by atoms with Crippen LogP contribution in [0.4, 0.5) is 0 Å². The highest BCUT2D eigenvalue weighted by Gasteiger charge is 2.17. The lowest BCUT2D eigenvalue weighted by Crippen LogP contribution is -2.68. The lowest BCUT2D eigenvalue weighted by Gasteiger charge is -2.17. The van der Waals surface area contributed by atoms with Crippen LogP contribution in [-0.2, 0) is 0 Å². The summed E-state index contributed by atoms with van der Waals surface area (Å²) >= 11 is 1.81. The molecule has 0 unspecified atom stereocenters. The zero-order chi connectivity index (χ0) is 15.5. The summed E-state index contributed by atoms with van der Waals surface area (Å²) < 4.78 is 36.2. The molecule has 2 aromatic rings. The van der Waals surface area contributed by atoms with Crippen molar-refractivity contribution in [3.05, 3.63) is 46.0 Å². The molecule has 0 aliphatic carbocycles. The highest BCUT2D eigenvalue weighted by Crippen LogP contribution is 2.17. The predicted molar refractivity (Wildman–Crippen MR) is 64.8 cm³/mol. The molecule has 0 N–H and O–H groups in total. The number of para-hydroxylation sites is 1. The van der Waals surface area contributed by atoms with E-state index in [9.17, 15) is 0 Å².